The molecule has 0 spiro atoms. The fourth-order valence-electron chi connectivity index (χ4n) is 2.01. The first-order valence-electron chi connectivity index (χ1n) is 7.21. The van der Waals surface area contributed by atoms with Crippen LogP contribution in [0.2, 0.25) is 0 Å². The highest BCUT2D eigenvalue weighted by Gasteiger charge is 2.01. The molecule has 0 fully saturated rings. The summed E-state index contributed by atoms with van der Waals surface area (Å²) in [5.41, 5.74) is 1.65. The van der Waals surface area contributed by atoms with E-state index in [1.165, 1.54) is 0 Å². The van der Waals surface area contributed by atoms with E-state index in [0.717, 1.165) is 11.1 Å². The van der Waals surface area contributed by atoms with Gasteiger partial charge in [-0.25, -0.2) is 0 Å². The van der Waals surface area contributed by atoms with E-state index in [-0.39, 0.29) is 0 Å². The van der Waals surface area contributed by atoms with Gasteiger partial charge in [0.1, 0.15) is 23.0 Å². The minimum absolute atomic E-state index is 0.692. The second-order valence-corrected chi connectivity index (χ2v) is 4.78. The summed E-state index contributed by atoms with van der Waals surface area (Å²) in [6.45, 7) is 0. The smallest absolute Gasteiger partial charge is 0.123 e. The summed E-state index contributed by atoms with van der Waals surface area (Å²) in [7, 11) is 6.40. The summed E-state index contributed by atoms with van der Waals surface area (Å²) in [4.78, 5) is 0. The van der Waals surface area contributed by atoms with Crippen LogP contribution in [0.1, 0.15) is 11.1 Å². The van der Waals surface area contributed by atoms with Crippen LogP contribution in [0, 0.1) is 0 Å². The van der Waals surface area contributed by atoms with E-state index in [1.807, 2.05) is 24.3 Å². The van der Waals surface area contributed by atoms with Crippen molar-refractivity contribution in [1.82, 2.24) is 0 Å². The quantitative estimate of drug-likeness (QED) is 0.578. The van der Waals surface area contributed by atoms with Crippen LogP contribution >= 0.6 is 0 Å². The molecule has 0 aliphatic rings. The molecule has 0 atom stereocenters. The van der Waals surface area contributed by atoms with E-state index >= 15 is 0 Å². The molecule has 0 heterocycles. The van der Waals surface area contributed by atoms with E-state index in [0.29, 0.717) is 23.0 Å². The van der Waals surface area contributed by atoms with Crippen LogP contribution in [0.15, 0.2) is 46.6 Å². The molecule has 0 aliphatic heterocycles. The van der Waals surface area contributed by atoms with E-state index in [1.54, 1.807) is 53.0 Å². The lowest BCUT2D eigenvalue weighted by Gasteiger charge is -2.05. The molecule has 24 heavy (non-hydrogen) atoms. The fraction of sp³-hybridized carbons (Fsp3) is 0.222. The molecule has 6 heteroatoms. The van der Waals surface area contributed by atoms with E-state index < -0.39 is 0 Å². The van der Waals surface area contributed by atoms with Crippen LogP contribution in [0.3, 0.4) is 0 Å². The standard InChI is InChI=1S/C18H20N2O4/c1-21-15-5-13(6-16(9-15)22-2)11-19-20-12-14-7-17(23-3)10-18(8-14)24-4/h5-12H,1-4H3/b19-11-,20-12+. The Bertz CT molecular complexity index is 634. The molecule has 0 aromatic heterocycles. The van der Waals surface area contributed by atoms with Crippen LogP contribution in [0.5, 0.6) is 23.0 Å². The van der Waals surface area contributed by atoms with Gasteiger partial charge in [0.15, 0.2) is 0 Å². The van der Waals surface area contributed by atoms with Gasteiger partial charge < -0.3 is 18.9 Å². The van der Waals surface area contributed by atoms with Crippen molar-refractivity contribution in [3.8, 4) is 23.0 Å². The molecule has 6 nitrogen and oxygen atoms in total. The number of hydrogen-bond donors (Lipinski definition) is 0. The van der Waals surface area contributed by atoms with Gasteiger partial charge in [0.2, 0.25) is 0 Å². The first-order valence-corrected chi connectivity index (χ1v) is 7.21. The van der Waals surface area contributed by atoms with Crippen molar-refractivity contribution in [3.05, 3.63) is 47.5 Å². The normalized spacial score (nSPS) is 11.0. The van der Waals surface area contributed by atoms with E-state index in [4.69, 9.17) is 18.9 Å². The van der Waals surface area contributed by atoms with Crippen LogP contribution in [-0.2, 0) is 0 Å². The lowest BCUT2D eigenvalue weighted by atomic mass is 10.2. The van der Waals surface area contributed by atoms with Gasteiger partial charge in [0.05, 0.1) is 40.9 Å². The van der Waals surface area contributed by atoms with Gasteiger partial charge in [-0.2, -0.15) is 10.2 Å². The summed E-state index contributed by atoms with van der Waals surface area (Å²) in [6, 6.07) is 11.0. The van der Waals surface area contributed by atoms with Crippen molar-refractivity contribution in [2.45, 2.75) is 0 Å². The Balaban J connectivity index is 2.15. The number of ether oxygens (including phenoxy) is 4. The molecule has 0 unspecified atom stereocenters. The number of benzene rings is 2. The Morgan fingerprint density at radius 3 is 1.08 bits per heavy atom. The Labute approximate surface area is 141 Å². The van der Waals surface area contributed by atoms with Crippen LogP contribution < -0.4 is 18.9 Å². The Kier molecular flexibility index (Phi) is 6.19. The van der Waals surface area contributed by atoms with Gasteiger partial charge >= 0.3 is 0 Å². The molecule has 0 aliphatic carbocycles. The zero-order valence-corrected chi connectivity index (χ0v) is 14.1. The molecule has 2 rings (SSSR count). The zero-order chi connectivity index (χ0) is 17.4. The second kappa shape index (κ2) is 8.57. The molecule has 0 amide bonds. The van der Waals surface area contributed by atoms with Crippen LogP contribution in [0.4, 0.5) is 0 Å². The maximum Gasteiger partial charge on any atom is 0.123 e. The molecule has 0 N–H and O–H groups in total. The van der Waals surface area contributed by atoms with Gasteiger partial charge in [-0.1, -0.05) is 0 Å². The lowest BCUT2D eigenvalue weighted by molar-refractivity contribution is 0.394. The Morgan fingerprint density at radius 2 is 0.833 bits per heavy atom. The third kappa shape index (κ3) is 4.74. The second-order valence-electron chi connectivity index (χ2n) is 4.78. The van der Waals surface area contributed by atoms with Crippen molar-refractivity contribution in [2.75, 3.05) is 28.4 Å². The molecule has 2 aromatic carbocycles. The number of nitrogens with zero attached hydrogens (tertiary/aromatic N) is 2. The molecule has 0 saturated heterocycles. The molecule has 126 valence electrons. The predicted molar refractivity (Wildman–Crippen MR) is 94.3 cm³/mol. The van der Waals surface area contributed by atoms with E-state index in [9.17, 15) is 0 Å². The first-order chi connectivity index (χ1) is 11.7. The summed E-state index contributed by atoms with van der Waals surface area (Å²) in [5, 5.41) is 8.10. The average Bonchev–Trinajstić information content (AvgIpc) is 2.64. The molecule has 0 radical (unpaired) electrons. The van der Waals surface area contributed by atoms with Crippen LogP contribution in [0.25, 0.3) is 0 Å². The first kappa shape index (κ1) is 17.3. The predicted octanol–water partition coefficient (Wildman–Crippen LogP) is 3.17. The van der Waals surface area contributed by atoms with Crippen LogP contribution in [-0.4, -0.2) is 40.9 Å². The Morgan fingerprint density at radius 1 is 0.542 bits per heavy atom. The third-order valence-electron chi connectivity index (χ3n) is 3.23. The summed E-state index contributed by atoms with van der Waals surface area (Å²) >= 11 is 0. The largest absolute Gasteiger partial charge is 0.497 e. The minimum atomic E-state index is 0.692. The number of methoxy groups -OCH3 is 4. The molecule has 0 bridgehead atoms. The van der Waals surface area contributed by atoms with Gasteiger partial charge in [0, 0.05) is 23.3 Å². The molecular weight excluding hydrogens is 308 g/mol. The maximum absolute atomic E-state index is 5.22. The maximum atomic E-state index is 5.22. The third-order valence-corrected chi connectivity index (χ3v) is 3.23. The average molecular weight is 328 g/mol. The van der Waals surface area contributed by atoms with Crippen molar-refractivity contribution in [3.63, 3.8) is 0 Å². The number of rotatable bonds is 7. The highest BCUT2D eigenvalue weighted by Crippen LogP contribution is 2.22. The number of hydrogen-bond acceptors (Lipinski definition) is 6. The molecular formula is C18H20N2O4. The Hall–Kier alpha value is -3.02. The van der Waals surface area contributed by atoms with Gasteiger partial charge in [-0.3, -0.25) is 0 Å². The van der Waals surface area contributed by atoms with Crippen molar-refractivity contribution in [2.24, 2.45) is 10.2 Å². The van der Waals surface area contributed by atoms with Crippen molar-refractivity contribution >= 4 is 12.4 Å². The fourth-order valence-corrected chi connectivity index (χ4v) is 2.01. The van der Waals surface area contributed by atoms with E-state index in [2.05, 4.69) is 10.2 Å². The monoisotopic (exact) mass is 328 g/mol. The summed E-state index contributed by atoms with van der Waals surface area (Å²) < 4.78 is 20.9. The topological polar surface area (TPSA) is 61.6 Å². The summed E-state index contributed by atoms with van der Waals surface area (Å²) in [5.74, 6) is 2.77. The minimum Gasteiger partial charge on any atom is -0.497 e. The molecule has 2 aromatic rings. The van der Waals surface area contributed by atoms with Gasteiger partial charge in [-0.15, -0.1) is 0 Å². The highest BCUT2D eigenvalue weighted by atomic mass is 16.5. The SMILES string of the molecule is COc1cc(/C=N\N=C\c2cc(OC)cc(OC)c2)cc(OC)c1. The van der Waals surface area contributed by atoms with Gasteiger partial charge in [0.25, 0.3) is 0 Å². The van der Waals surface area contributed by atoms with Gasteiger partial charge in [-0.05, 0) is 24.3 Å². The van der Waals surface area contributed by atoms with Crippen molar-refractivity contribution < 1.29 is 18.9 Å². The zero-order valence-electron chi connectivity index (χ0n) is 14.1. The highest BCUT2D eigenvalue weighted by molar-refractivity contribution is 5.84. The lowest BCUT2D eigenvalue weighted by Crippen LogP contribution is -1.91. The summed E-state index contributed by atoms with van der Waals surface area (Å²) in [6.07, 6.45) is 3.25. The molecule has 0 saturated carbocycles. The van der Waals surface area contributed by atoms with Crippen molar-refractivity contribution in [1.29, 1.82) is 0 Å².